The predicted octanol–water partition coefficient (Wildman–Crippen LogP) is 5.80. The molecule has 0 amide bonds. The minimum atomic E-state index is -0.327. The predicted molar refractivity (Wildman–Crippen MR) is 115 cm³/mol. The maximum atomic E-state index is 12.5. The zero-order valence-electron chi connectivity index (χ0n) is 16.2. The first-order chi connectivity index (χ1) is 14.6. The first-order valence-corrected chi connectivity index (χ1v) is 9.55. The topological polar surface area (TPSA) is 72.8 Å². The van der Waals surface area contributed by atoms with Gasteiger partial charge in [-0.15, -0.1) is 0 Å². The fourth-order valence-electron chi connectivity index (χ4n) is 3.61. The van der Waals surface area contributed by atoms with Crippen molar-refractivity contribution in [2.75, 3.05) is 0 Å². The average Bonchev–Trinajstić information content (AvgIpc) is 3.24. The van der Waals surface area contributed by atoms with Crippen molar-refractivity contribution in [2.45, 2.75) is 13.5 Å². The van der Waals surface area contributed by atoms with Crippen LogP contribution in [0.4, 0.5) is 0 Å². The van der Waals surface area contributed by atoms with Gasteiger partial charge in [0.1, 0.15) is 23.5 Å². The third-order valence-electron chi connectivity index (χ3n) is 5.08. The van der Waals surface area contributed by atoms with Crippen LogP contribution in [0.1, 0.15) is 11.3 Å². The first-order valence-electron chi connectivity index (χ1n) is 9.55. The summed E-state index contributed by atoms with van der Waals surface area (Å²) in [5, 5.41) is 11.0. The van der Waals surface area contributed by atoms with E-state index in [1.54, 1.807) is 13.0 Å². The van der Waals surface area contributed by atoms with Gasteiger partial charge in [-0.05, 0) is 29.7 Å². The van der Waals surface area contributed by atoms with Crippen LogP contribution in [-0.2, 0) is 6.61 Å². The molecule has 0 bridgehead atoms. The van der Waals surface area contributed by atoms with Crippen LogP contribution in [0.3, 0.4) is 0 Å². The maximum absolute atomic E-state index is 12.5. The van der Waals surface area contributed by atoms with Crippen molar-refractivity contribution in [1.82, 2.24) is 0 Å². The smallest absolute Gasteiger partial charge is 0.206 e. The Hall–Kier alpha value is -3.99. The monoisotopic (exact) mass is 398 g/mol. The van der Waals surface area contributed by atoms with Crippen LogP contribution in [0.15, 0.2) is 86.6 Å². The fourth-order valence-corrected chi connectivity index (χ4v) is 3.61. The van der Waals surface area contributed by atoms with Gasteiger partial charge in [0.15, 0.2) is 16.6 Å². The molecule has 0 aliphatic heterocycles. The second kappa shape index (κ2) is 7.12. The van der Waals surface area contributed by atoms with E-state index >= 15 is 0 Å². The molecule has 148 valence electrons. The molecule has 0 atom stereocenters. The van der Waals surface area contributed by atoms with Gasteiger partial charge in [0, 0.05) is 6.07 Å². The summed E-state index contributed by atoms with van der Waals surface area (Å²) in [7, 11) is 0. The molecule has 0 aliphatic carbocycles. The number of furan rings is 1. The molecule has 5 aromatic rings. The lowest BCUT2D eigenvalue weighted by Crippen LogP contribution is -2.03. The van der Waals surface area contributed by atoms with Gasteiger partial charge in [-0.1, -0.05) is 54.6 Å². The van der Waals surface area contributed by atoms with Crippen molar-refractivity contribution in [1.29, 1.82) is 0 Å². The minimum absolute atomic E-state index is 0.0870. The van der Waals surface area contributed by atoms with Crippen LogP contribution < -0.4 is 10.2 Å². The number of fused-ring (bicyclic) bond motifs is 2. The molecule has 1 N–H and O–H groups in total. The Labute approximate surface area is 171 Å². The lowest BCUT2D eigenvalue weighted by atomic mass is 10.0. The number of hydrogen-bond donors (Lipinski definition) is 1. The molecule has 5 rings (SSSR count). The number of aromatic hydroxyl groups is 1. The van der Waals surface area contributed by atoms with E-state index in [0.717, 1.165) is 16.7 Å². The molecule has 30 heavy (non-hydrogen) atoms. The molecule has 0 saturated carbocycles. The van der Waals surface area contributed by atoms with Crippen LogP contribution in [-0.4, -0.2) is 5.11 Å². The summed E-state index contributed by atoms with van der Waals surface area (Å²) in [6.45, 7) is 1.93. The quantitative estimate of drug-likeness (QED) is 0.414. The number of rotatable bonds is 4. The highest BCUT2D eigenvalue weighted by Gasteiger charge is 2.22. The lowest BCUT2D eigenvalue weighted by molar-refractivity contribution is 0.303. The molecule has 3 aromatic carbocycles. The maximum Gasteiger partial charge on any atom is 0.206 e. The van der Waals surface area contributed by atoms with Crippen LogP contribution >= 0.6 is 0 Å². The minimum Gasteiger partial charge on any atom is -0.506 e. The Kier molecular flexibility index (Phi) is 4.29. The van der Waals surface area contributed by atoms with Gasteiger partial charge in [0.05, 0.1) is 11.6 Å². The van der Waals surface area contributed by atoms with Gasteiger partial charge in [-0.25, -0.2) is 0 Å². The Morgan fingerprint density at radius 3 is 2.43 bits per heavy atom. The van der Waals surface area contributed by atoms with Crippen molar-refractivity contribution in [2.24, 2.45) is 0 Å². The van der Waals surface area contributed by atoms with Gasteiger partial charge >= 0.3 is 0 Å². The second-order valence-electron chi connectivity index (χ2n) is 7.12. The summed E-state index contributed by atoms with van der Waals surface area (Å²) in [6, 6.07) is 21.1. The molecule has 0 saturated heterocycles. The lowest BCUT2D eigenvalue weighted by Gasteiger charge is -2.11. The van der Waals surface area contributed by atoms with E-state index in [2.05, 4.69) is 12.1 Å². The highest BCUT2D eigenvalue weighted by molar-refractivity contribution is 6.06. The molecule has 0 radical (unpaired) electrons. The number of hydrogen-bond acceptors (Lipinski definition) is 5. The zero-order chi connectivity index (χ0) is 20.7. The Balaban J connectivity index is 1.53. The van der Waals surface area contributed by atoms with Crippen LogP contribution in [0.25, 0.3) is 33.1 Å². The average molecular weight is 398 g/mol. The molecule has 5 nitrogen and oxygen atoms in total. The largest absolute Gasteiger partial charge is 0.506 e. The van der Waals surface area contributed by atoms with Gasteiger partial charge < -0.3 is 18.7 Å². The van der Waals surface area contributed by atoms with Gasteiger partial charge in [-0.2, -0.15) is 0 Å². The van der Waals surface area contributed by atoms with Gasteiger partial charge in [0.2, 0.25) is 5.75 Å². The van der Waals surface area contributed by atoms with E-state index in [1.165, 1.54) is 12.3 Å². The number of benzene rings is 3. The van der Waals surface area contributed by atoms with Crippen molar-refractivity contribution in [3.8, 4) is 22.6 Å². The van der Waals surface area contributed by atoms with E-state index in [9.17, 15) is 9.90 Å². The summed E-state index contributed by atoms with van der Waals surface area (Å²) in [4.78, 5) is 12.5. The number of phenols is 1. The third-order valence-corrected chi connectivity index (χ3v) is 5.08. The van der Waals surface area contributed by atoms with Crippen LogP contribution in [0.5, 0.6) is 11.5 Å². The third kappa shape index (κ3) is 3.01. The summed E-state index contributed by atoms with van der Waals surface area (Å²) >= 11 is 0. The number of ether oxygens (including phenoxy) is 1. The van der Waals surface area contributed by atoms with E-state index in [1.807, 2.05) is 42.5 Å². The summed E-state index contributed by atoms with van der Waals surface area (Å²) < 4.78 is 17.3. The van der Waals surface area contributed by atoms with E-state index < -0.39 is 0 Å². The molecule has 2 aromatic heterocycles. The van der Waals surface area contributed by atoms with Crippen LogP contribution in [0, 0.1) is 6.92 Å². The molecular weight excluding hydrogens is 380 g/mol. The second-order valence-corrected chi connectivity index (χ2v) is 7.12. The van der Waals surface area contributed by atoms with Crippen molar-refractivity contribution >= 4 is 21.9 Å². The van der Waals surface area contributed by atoms with Crippen LogP contribution in [0.2, 0.25) is 0 Å². The zero-order valence-corrected chi connectivity index (χ0v) is 16.2. The van der Waals surface area contributed by atoms with Gasteiger partial charge in [-0.3, -0.25) is 4.79 Å². The fraction of sp³-hybridized carbons (Fsp3) is 0.0800. The molecular formula is C25H18O5. The molecule has 0 unspecified atom stereocenters. The first kappa shape index (κ1) is 18.1. The highest BCUT2D eigenvalue weighted by Crippen LogP contribution is 2.41. The molecule has 5 heteroatoms. The van der Waals surface area contributed by atoms with Crippen molar-refractivity contribution < 1.29 is 18.7 Å². The van der Waals surface area contributed by atoms with E-state index in [-0.39, 0.29) is 28.8 Å². The normalized spacial score (nSPS) is 11.2. The Morgan fingerprint density at radius 2 is 1.67 bits per heavy atom. The standard InChI is InChI=1S/C25H18O5/c1-15-13-20(26)21-22(27)19-11-12-28-23(19)25(24(21)30-15)29-14-16-7-9-18(10-8-16)17-5-3-2-4-6-17/h2-13,27H,14H2,1H3. The summed E-state index contributed by atoms with van der Waals surface area (Å²) in [6.07, 6.45) is 1.45. The summed E-state index contributed by atoms with van der Waals surface area (Å²) in [5.41, 5.74) is 3.40. The number of aryl methyl sites for hydroxylation is 1. The number of phenolic OH excluding ortho intramolecular Hbond substituents is 1. The van der Waals surface area contributed by atoms with Crippen molar-refractivity contribution in [3.05, 3.63) is 94.5 Å². The molecule has 0 aliphatic rings. The Bertz CT molecular complexity index is 1410. The van der Waals surface area contributed by atoms with E-state index in [0.29, 0.717) is 22.5 Å². The van der Waals surface area contributed by atoms with Gasteiger partial charge in [0.25, 0.3) is 0 Å². The molecule has 0 fully saturated rings. The SMILES string of the molecule is Cc1cc(=O)c2c(O)c3ccoc3c(OCc3ccc(-c4ccccc4)cc3)c2o1. The molecule has 0 spiro atoms. The van der Waals surface area contributed by atoms with Crippen molar-refractivity contribution in [3.63, 3.8) is 0 Å². The molecule has 2 heterocycles. The highest BCUT2D eigenvalue weighted by atomic mass is 16.5. The Morgan fingerprint density at radius 1 is 0.933 bits per heavy atom. The van der Waals surface area contributed by atoms with E-state index in [4.69, 9.17) is 13.6 Å². The summed E-state index contributed by atoms with van der Waals surface area (Å²) in [5.74, 6) is 0.563.